The number of hydrogen-bond donors (Lipinski definition) is 0. The van der Waals surface area contributed by atoms with Crippen molar-refractivity contribution >= 4 is 45.8 Å². The molecule has 21 heavy (non-hydrogen) atoms. The molecule has 1 nitrogen and oxygen atoms in total. The molecule has 0 atom stereocenters. The van der Waals surface area contributed by atoms with E-state index < -0.39 is 39.5 Å². The topological polar surface area (TPSA) is 17.1 Å². The standard InChI is InChI=1S/4C4H9.C2HO.2Sn.2H/c4*1-3-4-2;1-2-3;;;;/h4*1,3-4H2,2H3;1H;;;;. The Bertz CT molecular complexity index is 197. The Morgan fingerprint density at radius 1 is 0.667 bits per heavy atom. The van der Waals surface area contributed by atoms with Crippen molar-refractivity contribution < 1.29 is 4.79 Å². The van der Waals surface area contributed by atoms with Gasteiger partial charge < -0.3 is 0 Å². The molecule has 0 spiro atoms. The maximum absolute atomic E-state index is 11.8. The van der Waals surface area contributed by atoms with E-state index in [1.807, 2.05) is 0 Å². The van der Waals surface area contributed by atoms with Crippen molar-refractivity contribution in [3.05, 3.63) is 0 Å². The van der Waals surface area contributed by atoms with Crippen LogP contribution in [0.25, 0.3) is 0 Å². The molecule has 0 aliphatic carbocycles. The number of carbonyl (C=O) groups excluding carboxylic acids is 1. The van der Waals surface area contributed by atoms with E-state index in [9.17, 15) is 4.79 Å². The predicted molar refractivity (Wildman–Crippen MR) is 103 cm³/mol. The Morgan fingerprint density at radius 3 is 1.14 bits per heavy atom. The van der Waals surface area contributed by atoms with E-state index in [4.69, 9.17) is 0 Å². The third-order valence-corrected chi connectivity index (χ3v) is 45.4. The zero-order chi connectivity index (χ0) is 15.9. The molecule has 0 rings (SSSR count). The fourth-order valence-electron chi connectivity index (χ4n) is 3.45. The second-order valence-electron chi connectivity index (χ2n) is 6.73. The van der Waals surface area contributed by atoms with Crippen LogP contribution >= 0.6 is 0 Å². The molecule has 0 aromatic carbocycles. The summed E-state index contributed by atoms with van der Waals surface area (Å²) in [5.41, 5.74) is 0. The molecule has 0 aromatic heterocycles. The molecular weight excluding hydrogens is 470 g/mol. The van der Waals surface area contributed by atoms with Gasteiger partial charge in [0.15, 0.2) is 0 Å². The van der Waals surface area contributed by atoms with Crippen LogP contribution in [-0.4, -0.2) is 45.8 Å². The van der Waals surface area contributed by atoms with E-state index in [0.717, 1.165) is 0 Å². The summed E-state index contributed by atoms with van der Waals surface area (Å²) in [5, 5.41) is 0. The summed E-state index contributed by atoms with van der Waals surface area (Å²) in [5.74, 6) is 0. The summed E-state index contributed by atoms with van der Waals surface area (Å²) in [6.45, 7) is 9.21. The second kappa shape index (κ2) is 16.1. The normalized spacial score (nSPS) is 11.8. The van der Waals surface area contributed by atoms with Gasteiger partial charge in [-0.3, -0.25) is 0 Å². The maximum atomic E-state index is 11.8. The van der Waals surface area contributed by atoms with Crippen molar-refractivity contribution in [3.8, 4) is 0 Å². The van der Waals surface area contributed by atoms with Gasteiger partial charge in [-0.05, 0) is 0 Å². The van der Waals surface area contributed by atoms with E-state index in [1.54, 1.807) is 0 Å². The van der Waals surface area contributed by atoms with Crippen molar-refractivity contribution in [2.45, 2.75) is 98.8 Å². The monoisotopic (exact) mass is 511 g/mol. The van der Waals surface area contributed by atoms with Crippen LogP contribution in [0.15, 0.2) is 0 Å². The van der Waals surface area contributed by atoms with Crippen LogP contribution in [0, 0.1) is 0 Å². The molecule has 0 saturated carbocycles. The fourth-order valence-corrected chi connectivity index (χ4v) is 52.6. The van der Waals surface area contributed by atoms with Crippen molar-refractivity contribution in [1.82, 2.24) is 0 Å². The first-order valence-corrected chi connectivity index (χ1v) is 22.7. The molecule has 0 fully saturated rings. The summed E-state index contributed by atoms with van der Waals surface area (Å²) in [4.78, 5) is 11.8. The van der Waals surface area contributed by atoms with E-state index in [0.29, 0.717) is 1.95 Å². The van der Waals surface area contributed by atoms with Gasteiger partial charge in [0.1, 0.15) is 0 Å². The van der Waals surface area contributed by atoms with Crippen LogP contribution in [0.1, 0.15) is 79.1 Å². The van der Waals surface area contributed by atoms with Gasteiger partial charge in [0, 0.05) is 0 Å². The molecule has 125 valence electrons. The van der Waals surface area contributed by atoms with E-state index in [-0.39, 0.29) is 0 Å². The molecular formula is C18H39OSn2. The average molecular weight is 509 g/mol. The third kappa shape index (κ3) is 10.6. The predicted octanol–water partition coefficient (Wildman–Crippen LogP) is 5.66. The average Bonchev–Trinajstić information content (AvgIpc) is 2.51. The number of rotatable bonds is 15. The third-order valence-electron chi connectivity index (χ3n) is 4.87. The molecule has 3 heteroatoms. The molecule has 1 radical (unpaired) electrons. The Morgan fingerprint density at radius 2 is 0.952 bits per heavy atom. The molecule has 0 saturated heterocycles. The number of hydrogen-bond acceptors (Lipinski definition) is 1. The first-order valence-electron chi connectivity index (χ1n) is 9.62. The molecule has 0 bridgehead atoms. The first-order chi connectivity index (χ1) is 10.2. The van der Waals surface area contributed by atoms with Gasteiger partial charge in [-0.2, -0.15) is 0 Å². The minimum atomic E-state index is -1.64. The molecule has 0 aliphatic rings. The van der Waals surface area contributed by atoms with E-state index in [1.165, 1.54) is 69.1 Å². The van der Waals surface area contributed by atoms with Crippen LogP contribution in [0.4, 0.5) is 0 Å². The molecule has 0 aliphatic heterocycles. The zero-order valence-electron chi connectivity index (χ0n) is 15.1. The van der Waals surface area contributed by atoms with Crippen molar-refractivity contribution in [3.63, 3.8) is 0 Å². The molecule has 0 unspecified atom stereocenters. The number of unbranched alkanes of at least 4 members (excludes halogenated alkanes) is 4. The quantitative estimate of drug-likeness (QED) is 0.261. The Labute approximate surface area is 148 Å². The van der Waals surface area contributed by atoms with Crippen molar-refractivity contribution in [2.75, 3.05) is 0 Å². The van der Waals surface area contributed by atoms with Gasteiger partial charge in [0.05, 0.1) is 0 Å². The Kier molecular flexibility index (Phi) is 17.1. The van der Waals surface area contributed by atoms with Crippen molar-refractivity contribution in [2.24, 2.45) is 0 Å². The fraction of sp³-hybridized carbons (Fsp3) is 0.944. The van der Waals surface area contributed by atoms with Gasteiger partial charge >= 0.3 is 149 Å². The summed E-state index contributed by atoms with van der Waals surface area (Å²) in [6.07, 6.45) is 13.5. The second-order valence-corrected chi connectivity index (χ2v) is 32.4. The van der Waals surface area contributed by atoms with E-state index in [2.05, 4.69) is 34.0 Å². The van der Waals surface area contributed by atoms with Crippen molar-refractivity contribution in [1.29, 1.82) is 0 Å². The minimum absolute atomic E-state index is 0.616. The summed E-state index contributed by atoms with van der Waals surface area (Å²) >= 11 is -3.29. The molecule has 0 N–H and O–H groups in total. The zero-order valence-corrected chi connectivity index (χ0v) is 21.7. The van der Waals surface area contributed by atoms with E-state index >= 15 is 0 Å². The molecule has 0 heterocycles. The van der Waals surface area contributed by atoms with Gasteiger partial charge in [-0.1, -0.05) is 0 Å². The Hall–Kier alpha value is 1.27. The van der Waals surface area contributed by atoms with Crippen LogP contribution in [0.5, 0.6) is 0 Å². The van der Waals surface area contributed by atoms with Crippen LogP contribution in [0.2, 0.25) is 19.7 Å². The van der Waals surface area contributed by atoms with Gasteiger partial charge in [-0.25, -0.2) is 0 Å². The van der Waals surface area contributed by atoms with Crippen LogP contribution in [-0.2, 0) is 4.79 Å². The Balaban J connectivity index is 4.77. The summed E-state index contributed by atoms with van der Waals surface area (Å²) < 4.78 is 6.57. The van der Waals surface area contributed by atoms with Gasteiger partial charge in [0.25, 0.3) is 0 Å². The molecule has 0 aromatic rings. The summed E-state index contributed by atoms with van der Waals surface area (Å²) in [6, 6.07) is 0. The van der Waals surface area contributed by atoms with Crippen LogP contribution < -0.4 is 0 Å². The van der Waals surface area contributed by atoms with Gasteiger partial charge in [-0.15, -0.1) is 0 Å². The first kappa shape index (κ1) is 22.3. The van der Waals surface area contributed by atoms with Crippen LogP contribution in [0.3, 0.4) is 0 Å². The molecule has 0 amide bonds. The summed E-state index contributed by atoms with van der Waals surface area (Å²) in [7, 11) is 0. The van der Waals surface area contributed by atoms with Gasteiger partial charge in [0.2, 0.25) is 0 Å². The SMILES string of the molecule is CCC[CH2][SnH]([CH2]CCC)[CH]([C]=O)[SnH]([CH2]CCC)[CH2]CCC.